The summed E-state index contributed by atoms with van der Waals surface area (Å²) in [6.07, 6.45) is 4.82. The topological polar surface area (TPSA) is 104 Å². The van der Waals surface area contributed by atoms with Crippen LogP contribution >= 0.6 is 0 Å². The molecule has 0 bridgehead atoms. The Kier molecular flexibility index (Phi) is 7.44. The highest BCUT2D eigenvalue weighted by atomic mass is 16.5. The van der Waals surface area contributed by atoms with Crippen molar-refractivity contribution in [2.45, 2.75) is 38.8 Å². The summed E-state index contributed by atoms with van der Waals surface area (Å²) in [5.41, 5.74) is 9.99. The number of aromatic nitrogens is 2. The van der Waals surface area contributed by atoms with Crippen LogP contribution in [0.1, 0.15) is 30.5 Å². The number of aryl methyl sites for hydroxylation is 1. The molecule has 7 nitrogen and oxygen atoms in total. The van der Waals surface area contributed by atoms with Gasteiger partial charge in [-0.2, -0.15) is 0 Å². The van der Waals surface area contributed by atoms with E-state index < -0.39 is 5.97 Å². The van der Waals surface area contributed by atoms with Gasteiger partial charge >= 0.3 is 5.97 Å². The number of nitrogens with zero attached hydrogens (tertiary/aromatic N) is 2. The number of hydrogen-bond acceptors (Lipinski definition) is 5. The Labute approximate surface area is 198 Å². The third-order valence-corrected chi connectivity index (χ3v) is 5.72. The van der Waals surface area contributed by atoms with Crippen molar-refractivity contribution in [3.05, 3.63) is 84.4 Å². The van der Waals surface area contributed by atoms with E-state index in [1.54, 1.807) is 6.26 Å². The van der Waals surface area contributed by atoms with Gasteiger partial charge in [0.2, 0.25) is 0 Å². The third-order valence-electron chi connectivity index (χ3n) is 5.72. The van der Waals surface area contributed by atoms with Gasteiger partial charge in [-0.1, -0.05) is 42.5 Å². The Morgan fingerprint density at radius 2 is 1.88 bits per heavy atom. The number of ether oxygens (including phenoxy) is 1. The van der Waals surface area contributed by atoms with Gasteiger partial charge in [0.1, 0.15) is 17.3 Å². The van der Waals surface area contributed by atoms with E-state index in [1.165, 1.54) is 0 Å². The highest BCUT2D eigenvalue weighted by molar-refractivity contribution is 5.67. The number of para-hydroxylation sites is 1. The Balaban J connectivity index is 1.46. The Bertz CT molecular complexity index is 1210. The van der Waals surface area contributed by atoms with Gasteiger partial charge in [0.15, 0.2) is 0 Å². The largest absolute Gasteiger partial charge is 0.493 e. The van der Waals surface area contributed by atoms with E-state index in [-0.39, 0.29) is 12.5 Å². The van der Waals surface area contributed by atoms with Gasteiger partial charge < -0.3 is 24.6 Å². The average molecular weight is 460 g/mol. The molecule has 0 amide bonds. The van der Waals surface area contributed by atoms with Gasteiger partial charge in [-0.25, -0.2) is 4.98 Å². The maximum Gasteiger partial charge on any atom is 0.304 e. The van der Waals surface area contributed by atoms with Crippen LogP contribution in [-0.2, 0) is 11.3 Å². The summed E-state index contributed by atoms with van der Waals surface area (Å²) in [7, 11) is 0. The summed E-state index contributed by atoms with van der Waals surface area (Å²) >= 11 is 0. The minimum Gasteiger partial charge on any atom is -0.493 e. The molecule has 4 rings (SSSR count). The molecule has 0 saturated heterocycles. The molecule has 2 aromatic carbocycles. The minimum absolute atomic E-state index is 0.0260. The first-order valence-electron chi connectivity index (χ1n) is 11.4. The van der Waals surface area contributed by atoms with Gasteiger partial charge in [0.05, 0.1) is 25.8 Å². The molecule has 176 valence electrons. The van der Waals surface area contributed by atoms with Crippen LogP contribution in [0.3, 0.4) is 0 Å². The van der Waals surface area contributed by atoms with Crippen molar-refractivity contribution < 1.29 is 19.1 Å². The molecule has 0 radical (unpaired) electrons. The van der Waals surface area contributed by atoms with E-state index in [9.17, 15) is 4.79 Å². The molecule has 2 aromatic heterocycles. The van der Waals surface area contributed by atoms with Crippen LogP contribution in [0.15, 0.2) is 77.5 Å². The molecule has 0 aliphatic heterocycles. The molecule has 0 spiro atoms. The van der Waals surface area contributed by atoms with Gasteiger partial charge in [0.25, 0.3) is 0 Å². The smallest absolute Gasteiger partial charge is 0.304 e. The zero-order valence-corrected chi connectivity index (χ0v) is 19.2. The zero-order chi connectivity index (χ0) is 23.9. The quantitative estimate of drug-likeness (QED) is 0.302. The number of benzene rings is 2. The maximum atomic E-state index is 10.8. The molecule has 7 heteroatoms. The van der Waals surface area contributed by atoms with Crippen molar-refractivity contribution in [3.8, 4) is 28.5 Å². The molecular formula is C27H29N3O4. The lowest BCUT2D eigenvalue weighted by atomic mass is 10.1. The van der Waals surface area contributed by atoms with Crippen molar-refractivity contribution in [3.63, 3.8) is 0 Å². The predicted octanol–water partition coefficient (Wildman–Crippen LogP) is 5.13. The van der Waals surface area contributed by atoms with E-state index >= 15 is 0 Å². The van der Waals surface area contributed by atoms with Gasteiger partial charge in [-0.3, -0.25) is 4.79 Å². The molecule has 2 heterocycles. The lowest BCUT2D eigenvalue weighted by molar-refractivity contribution is -0.137. The number of rotatable bonds is 11. The van der Waals surface area contributed by atoms with Crippen molar-refractivity contribution in [1.29, 1.82) is 0 Å². The first-order chi connectivity index (χ1) is 16.5. The zero-order valence-electron chi connectivity index (χ0n) is 19.2. The Morgan fingerprint density at radius 1 is 1.12 bits per heavy atom. The lowest BCUT2D eigenvalue weighted by Gasteiger charge is -2.15. The molecule has 3 N–H and O–H groups in total. The fraction of sp³-hybridized carbons (Fsp3) is 0.259. The van der Waals surface area contributed by atoms with Crippen LogP contribution < -0.4 is 10.5 Å². The summed E-state index contributed by atoms with van der Waals surface area (Å²) < 4.78 is 13.7. The Hall–Kier alpha value is -3.84. The summed E-state index contributed by atoms with van der Waals surface area (Å²) in [5.74, 6) is 1.65. The second-order valence-electron chi connectivity index (χ2n) is 8.32. The second kappa shape index (κ2) is 10.9. The number of carboxylic acids is 1. The normalized spacial score (nSPS) is 11.9. The number of carbonyl (C=O) groups is 1. The van der Waals surface area contributed by atoms with E-state index in [0.29, 0.717) is 26.0 Å². The number of furan rings is 1. The molecule has 34 heavy (non-hydrogen) atoms. The summed E-state index contributed by atoms with van der Waals surface area (Å²) in [4.78, 5) is 15.4. The van der Waals surface area contributed by atoms with E-state index in [1.807, 2.05) is 55.6 Å². The number of aliphatic carboxylic acids is 1. The molecule has 1 atom stereocenters. The molecule has 0 unspecified atom stereocenters. The van der Waals surface area contributed by atoms with Crippen LogP contribution in [-0.4, -0.2) is 33.3 Å². The number of carboxylic acid groups (broad SMARTS) is 1. The van der Waals surface area contributed by atoms with Crippen molar-refractivity contribution >= 4 is 5.97 Å². The predicted molar refractivity (Wildman–Crippen MR) is 131 cm³/mol. The fourth-order valence-corrected chi connectivity index (χ4v) is 3.92. The van der Waals surface area contributed by atoms with Crippen LogP contribution in [0.5, 0.6) is 5.75 Å². The minimum atomic E-state index is -0.874. The maximum absolute atomic E-state index is 10.8. The second-order valence-corrected chi connectivity index (χ2v) is 8.32. The summed E-state index contributed by atoms with van der Waals surface area (Å²) in [6.45, 7) is 3.14. The molecule has 0 aliphatic carbocycles. The number of imidazole rings is 1. The molecule has 0 fully saturated rings. The SMILES string of the molecule is Cc1cnc(-c2ccc(-c3ccco3)cc2)n1Cc1ccccc1OCCC[C@@H](N)CC(=O)O. The van der Waals surface area contributed by atoms with Crippen molar-refractivity contribution in [1.82, 2.24) is 9.55 Å². The molecule has 0 saturated carbocycles. The van der Waals surface area contributed by atoms with Crippen LogP contribution in [0, 0.1) is 6.92 Å². The van der Waals surface area contributed by atoms with E-state index in [0.717, 1.165) is 39.7 Å². The van der Waals surface area contributed by atoms with E-state index in [4.69, 9.17) is 20.0 Å². The first kappa shape index (κ1) is 23.3. The molecular weight excluding hydrogens is 430 g/mol. The summed E-state index contributed by atoms with van der Waals surface area (Å²) in [5, 5.41) is 8.84. The van der Waals surface area contributed by atoms with Crippen LogP contribution in [0.2, 0.25) is 0 Å². The highest BCUT2D eigenvalue weighted by Gasteiger charge is 2.13. The van der Waals surface area contributed by atoms with Crippen LogP contribution in [0.4, 0.5) is 0 Å². The standard InChI is InChI=1S/C27H29N3O4/c1-19-17-29-27(21-12-10-20(11-13-21)24-9-5-15-33-24)30(19)18-22-6-2-3-8-25(22)34-14-4-7-23(28)16-26(31)32/h2-3,5-6,8-13,15,17,23H,4,7,14,16,18,28H2,1H3,(H,31,32)/t23-/m1/s1. The number of hydrogen-bond donors (Lipinski definition) is 2. The fourth-order valence-electron chi connectivity index (χ4n) is 3.92. The average Bonchev–Trinajstić information content (AvgIpc) is 3.48. The van der Waals surface area contributed by atoms with Gasteiger partial charge in [-0.15, -0.1) is 0 Å². The molecule has 4 aromatic rings. The first-order valence-corrected chi connectivity index (χ1v) is 11.4. The van der Waals surface area contributed by atoms with Crippen molar-refractivity contribution in [2.24, 2.45) is 5.73 Å². The molecule has 0 aliphatic rings. The highest BCUT2D eigenvalue weighted by Crippen LogP contribution is 2.27. The van der Waals surface area contributed by atoms with Crippen molar-refractivity contribution in [2.75, 3.05) is 6.61 Å². The van der Waals surface area contributed by atoms with Crippen LogP contribution in [0.25, 0.3) is 22.7 Å². The number of nitrogens with two attached hydrogens (primary N) is 1. The van der Waals surface area contributed by atoms with E-state index in [2.05, 4.69) is 27.8 Å². The van der Waals surface area contributed by atoms with Gasteiger partial charge in [0, 0.05) is 34.6 Å². The summed E-state index contributed by atoms with van der Waals surface area (Å²) in [6, 6.07) is 19.6. The Morgan fingerprint density at radius 3 is 2.62 bits per heavy atom. The van der Waals surface area contributed by atoms with Gasteiger partial charge in [-0.05, 0) is 38.0 Å². The third kappa shape index (κ3) is 5.74. The lowest BCUT2D eigenvalue weighted by Crippen LogP contribution is -2.24. The monoisotopic (exact) mass is 459 g/mol.